The highest BCUT2D eigenvalue weighted by Gasteiger charge is 2.39. The van der Waals surface area contributed by atoms with E-state index in [1.165, 1.54) is 31.2 Å². The van der Waals surface area contributed by atoms with Crippen molar-refractivity contribution in [3.05, 3.63) is 29.8 Å². The fourth-order valence-electron chi connectivity index (χ4n) is 3.13. The standard InChI is InChI=1S/C15H21NO2/c1-17-13-6-4-12(5-7-13)14-10-16-11-15(18-14)8-2-3-9-15/h4-7,14,16H,2-3,8-11H2,1H3. The summed E-state index contributed by atoms with van der Waals surface area (Å²) in [5.41, 5.74) is 1.34. The van der Waals surface area contributed by atoms with Crippen LogP contribution >= 0.6 is 0 Å². The summed E-state index contributed by atoms with van der Waals surface area (Å²) in [7, 11) is 1.70. The molecule has 2 fully saturated rings. The molecule has 3 nitrogen and oxygen atoms in total. The Morgan fingerprint density at radius 3 is 2.61 bits per heavy atom. The third kappa shape index (κ3) is 2.25. The van der Waals surface area contributed by atoms with E-state index in [0.29, 0.717) is 0 Å². The van der Waals surface area contributed by atoms with E-state index >= 15 is 0 Å². The molecule has 3 rings (SSSR count). The molecule has 98 valence electrons. The molecule has 0 bridgehead atoms. The van der Waals surface area contributed by atoms with Crippen LogP contribution in [-0.4, -0.2) is 25.8 Å². The SMILES string of the molecule is COc1ccc(C2CNCC3(CCCC3)O2)cc1. The van der Waals surface area contributed by atoms with Gasteiger partial charge in [-0.3, -0.25) is 0 Å². The predicted molar refractivity (Wildman–Crippen MR) is 70.9 cm³/mol. The molecule has 1 spiro atoms. The quantitative estimate of drug-likeness (QED) is 0.871. The summed E-state index contributed by atoms with van der Waals surface area (Å²) in [6.45, 7) is 1.92. The lowest BCUT2D eigenvalue weighted by atomic mass is 9.97. The lowest BCUT2D eigenvalue weighted by Crippen LogP contribution is -2.49. The van der Waals surface area contributed by atoms with E-state index in [4.69, 9.17) is 9.47 Å². The van der Waals surface area contributed by atoms with Crippen LogP contribution in [0.1, 0.15) is 37.4 Å². The van der Waals surface area contributed by atoms with Gasteiger partial charge < -0.3 is 14.8 Å². The molecule has 1 unspecified atom stereocenters. The third-order valence-corrected chi connectivity index (χ3v) is 4.17. The molecule has 0 aromatic heterocycles. The molecule has 1 N–H and O–H groups in total. The second-order valence-electron chi connectivity index (χ2n) is 5.40. The maximum Gasteiger partial charge on any atom is 0.118 e. The van der Waals surface area contributed by atoms with Crippen LogP contribution in [0, 0.1) is 0 Å². The fraction of sp³-hybridized carbons (Fsp3) is 0.600. The van der Waals surface area contributed by atoms with Crippen molar-refractivity contribution in [1.29, 1.82) is 0 Å². The molecule has 1 aromatic carbocycles. The highest BCUT2D eigenvalue weighted by atomic mass is 16.5. The van der Waals surface area contributed by atoms with Crippen LogP contribution in [0.3, 0.4) is 0 Å². The lowest BCUT2D eigenvalue weighted by Gasteiger charge is -2.39. The second kappa shape index (κ2) is 4.90. The van der Waals surface area contributed by atoms with E-state index in [0.717, 1.165) is 18.8 Å². The highest BCUT2D eigenvalue weighted by molar-refractivity contribution is 5.29. The Labute approximate surface area is 108 Å². The van der Waals surface area contributed by atoms with Crippen molar-refractivity contribution >= 4 is 0 Å². The van der Waals surface area contributed by atoms with E-state index in [-0.39, 0.29) is 11.7 Å². The largest absolute Gasteiger partial charge is 0.497 e. The van der Waals surface area contributed by atoms with Gasteiger partial charge in [0.05, 0.1) is 18.8 Å². The van der Waals surface area contributed by atoms with Gasteiger partial charge in [0.15, 0.2) is 0 Å². The molecule has 1 atom stereocenters. The van der Waals surface area contributed by atoms with E-state index in [2.05, 4.69) is 17.4 Å². The molecule has 1 saturated carbocycles. The number of hydrogen-bond donors (Lipinski definition) is 1. The molecule has 3 heteroatoms. The number of nitrogens with one attached hydrogen (secondary N) is 1. The van der Waals surface area contributed by atoms with Crippen LogP contribution in [-0.2, 0) is 4.74 Å². The first-order valence-electron chi connectivity index (χ1n) is 6.84. The normalized spacial score (nSPS) is 26.4. The van der Waals surface area contributed by atoms with Crippen molar-refractivity contribution in [2.45, 2.75) is 37.4 Å². The summed E-state index contributed by atoms with van der Waals surface area (Å²) in [6, 6.07) is 8.24. The molecule has 1 saturated heterocycles. The van der Waals surface area contributed by atoms with Gasteiger partial charge in [0.2, 0.25) is 0 Å². The Morgan fingerprint density at radius 2 is 1.94 bits per heavy atom. The summed E-state index contributed by atoms with van der Waals surface area (Å²) >= 11 is 0. The van der Waals surface area contributed by atoms with Crippen LogP contribution in [0.4, 0.5) is 0 Å². The summed E-state index contributed by atoms with van der Waals surface area (Å²) in [6.07, 6.45) is 5.19. The topological polar surface area (TPSA) is 30.5 Å². The monoisotopic (exact) mass is 247 g/mol. The first-order valence-corrected chi connectivity index (χ1v) is 6.84. The molecule has 2 aliphatic rings. The van der Waals surface area contributed by atoms with Gasteiger partial charge in [0.25, 0.3) is 0 Å². The van der Waals surface area contributed by atoms with Crippen molar-refractivity contribution in [2.75, 3.05) is 20.2 Å². The smallest absolute Gasteiger partial charge is 0.118 e. The zero-order valence-corrected chi connectivity index (χ0v) is 10.9. The Balaban J connectivity index is 1.74. The average Bonchev–Trinajstić information content (AvgIpc) is 2.87. The van der Waals surface area contributed by atoms with Gasteiger partial charge in [-0.2, -0.15) is 0 Å². The van der Waals surface area contributed by atoms with E-state index in [1.807, 2.05) is 12.1 Å². The minimum atomic E-state index is 0.100. The number of rotatable bonds is 2. The number of ether oxygens (including phenoxy) is 2. The number of methoxy groups -OCH3 is 1. The molecule has 0 radical (unpaired) electrons. The second-order valence-corrected chi connectivity index (χ2v) is 5.40. The summed E-state index contributed by atoms with van der Waals surface area (Å²) in [5, 5.41) is 3.54. The Kier molecular flexibility index (Phi) is 3.27. The van der Waals surface area contributed by atoms with Crippen LogP contribution in [0.15, 0.2) is 24.3 Å². The van der Waals surface area contributed by atoms with Crippen LogP contribution in [0.25, 0.3) is 0 Å². The zero-order chi connectivity index (χ0) is 12.4. The Bertz CT molecular complexity index is 395. The van der Waals surface area contributed by atoms with Crippen molar-refractivity contribution in [3.63, 3.8) is 0 Å². The Morgan fingerprint density at radius 1 is 1.22 bits per heavy atom. The molecule has 0 amide bonds. The van der Waals surface area contributed by atoms with Crippen LogP contribution < -0.4 is 10.1 Å². The number of hydrogen-bond acceptors (Lipinski definition) is 3. The number of benzene rings is 1. The highest BCUT2D eigenvalue weighted by Crippen LogP contribution is 2.39. The van der Waals surface area contributed by atoms with Crippen molar-refractivity contribution in [1.82, 2.24) is 5.32 Å². The van der Waals surface area contributed by atoms with Gasteiger partial charge in [-0.05, 0) is 30.5 Å². The first-order chi connectivity index (χ1) is 8.81. The average molecular weight is 247 g/mol. The van der Waals surface area contributed by atoms with Crippen molar-refractivity contribution in [3.8, 4) is 5.75 Å². The minimum Gasteiger partial charge on any atom is -0.497 e. The predicted octanol–water partition coefficient (Wildman–Crippen LogP) is 2.67. The maximum absolute atomic E-state index is 6.39. The first kappa shape index (κ1) is 12.0. The molecule has 1 aromatic rings. The molecule has 1 aliphatic heterocycles. The number of morpholine rings is 1. The molecule has 1 aliphatic carbocycles. The van der Waals surface area contributed by atoms with Crippen molar-refractivity contribution in [2.24, 2.45) is 0 Å². The molecular weight excluding hydrogens is 226 g/mol. The fourth-order valence-corrected chi connectivity index (χ4v) is 3.13. The van der Waals surface area contributed by atoms with E-state index in [1.54, 1.807) is 7.11 Å². The van der Waals surface area contributed by atoms with Crippen LogP contribution in [0.2, 0.25) is 0 Å². The van der Waals surface area contributed by atoms with Crippen LogP contribution in [0.5, 0.6) is 5.75 Å². The minimum absolute atomic E-state index is 0.100. The zero-order valence-electron chi connectivity index (χ0n) is 10.9. The van der Waals surface area contributed by atoms with Crippen molar-refractivity contribution < 1.29 is 9.47 Å². The molecule has 18 heavy (non-hydrogen) atoms. The van der Waals surface area contributed by atoms with Gasteiger partial charge in [-0.25, -0.2) is 0 Å². The van der Waals surface area contributed by atoms with Gasteiger partial charge in [0, 0.05) is 13.1 Å². The summed E-state index contributed by atoms with van der Waals surface area (Å²) in [4.78, 5) is 0. The van der Waals surface area contributed by atoms with Gasteiger partial charge in [-0.1, -0.05) is 25.0 Å². The van der Waals surface area contributed by atoms with E-state index in [9.17, 15) is 0 Å². The maximum atomic E-state index is 6.39. The summed E-state index contributed by atoms with van der Waals surface area (Å²) in [5.74, 6) is 0.901. The third-order valence-electron chi connectivity index (χ3n) is 4.17. The Hall–Kier alpha value is -1.06. The van der Waals surface area contributed by atoms with Gasteiger partial charge >= 0.3 is 0 Å². The lowest BCUT2D eigenvalue weighted by molar-refractivity contribution is -0.114. The van der Waals surface area contributed by atoms with Gasteiger partial charge in [0.1, 0.15) is 5.75 Å². The molecular formula is C15H21NO2. The van der Waals surface area contributed by atoms with E-state index < -0.39 is 0 Å². The molecule has 1 heterocycles. The summed E-state index contributed by atoms with van der Waals surface area (Å²) < 4.78 is 11.6. The van der Waals surface area contributed by atoms with Gasteiger partial charge in [-0.15, -0.1) is 0 Å².